The molecule has 1 aromatic rings. The van der Waals surface area contributed by atoms with Gasteiger partial charge in [0.05, 0.1) is 0 Å². The molecule has 0 radical (unpaired) electrons. The van der Waals surface area contributed by atoms with E-state index in [1.807, 2.05) is 0 Å². The molecule has 1 fully saturated rings. The molecule has 0 spiro atoms. The van der Waals surface area contributed by atoms with Crippen molar-refractivity contribution in [2.24, 2.45) is 11.8 Å². The summed E-state index contributed by atoms with van der Waals surface area (Å²) in [5, 5.41) is 0. The van der Waals surface area contributed by atoms with Crippen molar-refractivity contribution in [3.8, 4) is 0 Å². The second-order valence-electron chi connectivity index (χ2n) is 3.53. The van der Waals surface area contributed by atoms with Gasteiger partial charge in [0.25, 0.3) is 0 Å². The van der Waals surface area contributed by atoms with Gasteiger partial charge >= 0.3 is 0 Å². The van der Waals surface area contributed by atoms with E-state index in [0.29, 0.717) is 6.04 Å². The minimum absolute atomic E-state index is 0.341. The Bertz CT molecular complexity index is 279. The smallest absolute Gasteiger partial charge is 0.0488 e. The van der Waals surface area contributed by atoms with Gasteiger partial charge in [0, 0.05) is 10.5 Å². The lowest BCUT2D eigenvalue weighted by Gasteiger charge is -2.15. The molecule has 1 atom stereocenters. The van der Waals surface area contributed by atoms with E-state index in [2.05, 4.69) is 45.6 Å². The topological polar surface area (TPSA) is 38.0 Å². The Morgan fingerprint density at radius 1 is 1.31 bits per heavy atom. The number of hydrogen-bond acceptors (Lipinski definition) is 2. The number of hydrazine groups is 1. The third kappa shape index (κ3) is 2.10. The Morgan fingerprint density at radius 2 is 1.92 bits per heavy atom. The largest absolute Gasteiger partial charge is 0.271 e. The van der Waals surface area contributed by atoms with Crippen molar-refractivity contribution < 1.29 is 0 Å². The fraction of sp³-hybridized carbons (Fsp3) is 0.400. The highest BCUT2D eigenvalue weighted by molar-refractivity contribution is 9.10. The molecule has 13 heavy (non-hydrogen) atoms. The highest BCUT2D eigenvalue weighted by Gasteiger charge is 2.31. The summed E-state index contributed by atoms with van der Waals surface area (Å²) in [5.74, 6) is 6.26. The predicted molar refractivity (Wildman–Crippen MR) is 56.9 cm³/mol. The summed E-state index contributed by atoms with van der Waals surface area (Å²) in [6.07, 6.45) is 2.59. The second kappa shape index (κ2) is 3.78. The van der Waals surface area contributed by atoms with Crippen LogP contribution in [0.2, 0.25) is 0 Å². The molecular formula is C10H13BrN2. The van der Waals surface area contributed by atoms with Crippen LogP contribution in [0.25, 0.3) is 0 Å². The lowest BCUT2D eigenvalue weighted by atomic mass is 10.0. The van der Waals surface area contributed by atoms with Crippen LogP contribution < -0.4 is 11.3 Å². The molecule has 0 amide bonds. The number of halogens is 1. The Labute approximate surface area is 86.6 Å². The summed E-state index contributed by atoms with van der Waals surface area (Å²) >= 11 is 3.42. The number of nitrogens with two attached hydrogens (primary N) is 1. The molecule has 2 nitrogen and oxygen atoms in total. The van der Waals surface area contributed by atoms with E-state index in [4.69, 9.17) is 5.84 Å². The van der Waals surface area contributed by atoms with Gasteiger partial charge in [0.2, 0.25) is 0 Å². The van der Waals surface area contributed by atoms with E-state index in [1.54, 1.807) is 0 Å². The summed E-state index contributed by atoms with van der Waals surface area (Å²) in [6.45, 7) is 0. The van der Waals surface area contributed by atoms with E-state index in [-0.39, 0.29) is 0 Å². The van der Waals surface area contributed by atoms with Crippen LogP contribution in [-0.4, -0.2) is 0 Å². The van der Waals surface area contributed by atoms with Crippen LogP contribution in [0.5, 0.6) is 0 Å². The van der Waals surface area contributed by atoms with Gasteiger partial charge in [0.1, 0.15) is 0 Å². The Morgan fingerprint density at radius 3 is 2.38 bits per heavy atom. The van der Waals surface area contributed by atoms with E-state index in [9.17, 15) is 0 Å². The second-order valence-corrected chi connectivity index (χ2v) is 4.45. The quantitative estimate of drug-likeness (QED) is 0.629. The summed E-state index contributed by atoms with van der Waals surface area (Å²) in [4.78, 5) is 0. The maximum absolute atomic E-state index is 5.52. The molecule has 1 aliphatic rings. The van der Waals surface area contributed by atoms with Gasteiger partial charge in [-0.3, -0.25) is 11.3 Å². The first-order chi connectivity index (χ1) is 6.31. The van der Waals surface area contributed by atoms with Crippen LogP contribution in [-0.2, 0) is 0 Å². The fourth-order valence-corrected chi connectivity index (χ4v) is 1.87. The van der Waals surface area contributed by atoms with Gasteiger partial charge < -0.3 is 0 Å². The summed E-state index contributed by atoms with van der Waals surface area (Å²) in [5.41, 5.74) is 4.17. The number of hydrogen-bond donors (Lipinski definition) is 2. The molecule has 0 aliphatic heterocycles. The van der Waals surface area contributed by atoms with Crippen molar-refractivity contribution in [2.75, 3.05) is 0 Å². The van der Waals surface area contributed by atoms with Crippen molar-refractivity contribution in [2.45, 2.75) is 18.9 Å². The average molecular weight is 241 g/mol. The third-order valence-corrected chi connectivity index (χ3v) is 3.03. The molecule has 1 unspecified atom stereocenters. The minimum Gasteiger partial charge on any atom is -0.271 e. The molecule has 70 valence electrons. The van der Waals surface area contributed by atoms with Crippen molar-refractivity contribution in [3.63, 3.8) is 0 Å². The number of benzene rings is 1. The van der Waals surface area contributed by atoms with Crippen LogP contribution in [0.3, 0.4) is 0 Å². The van der Waals surface area contributed by atoms with Gasteiger partial charge in [-0.25, -0.2) is 0 Å². The Balaban J connectivity index is 2.17. The normalized spacial score (nSPS) is 18.6. The van der Waals surface area contributed by atoms with E-state index in [1.165, 1.54) is 18.4 Å². The maximum Gasteiger partial charge on any atom is 0.0488 e. The van der Waals surface area contributed by atoms with Gasteiger partial charge in [0.15, 0.2) is 0 Å². The zero-order chi connectivity index (χ0) is 9.26. The predicted octanol–water partition coefficient (Wildman–Crippen LogP) is 2.36. The fourth-order valence-electron chi connectivity index (χ4n) is 1.60. The third-order valence-electron chi connectivity index (χ3n) is 2.50. The Hall–Kier alpha value is -0.380. The molecule has 0 aromatic heterocycles. The molecule has 0 saturated heterocycles. The first kappa shape index (κ1) is 9.19. The molecule has 1 saturated carbocycles. The van der Waals surface area contributed by atoms with Crippen LogP contribution in [0.1, 0.15) is 24.4 Å². The van der Waals surface area contributed by atoms with Crippen LogP contribution >= 0.6 is 15.9 Å². The first-order valence-electron chi connectivity index (χ1n) is 4.53. The summed E-state index contributed by atoms with van der Waals surface area (Å²) in [6, 6.07) is 8.69. The highest BCUT2D eigenvalue weighted by Crippen LogP contribution is 2.40. The van der Waals surface area contributed by atoms with Crippen LogP contribution in [0.15, 0.2) is 28.7 Å². The van der Waals surface area contributed by atoms with E-state index >= 15 is 0 Å². The van der Waals surface area contributed by atoms with E-state index in [0.717, 1.165) is 10.4 Å². The maximum atomic E-state index is 5.52. The number of rotatable bonds is 3. The van der Waals surface area contributed by atoms with Gasteiger partial charge in [-0.05, 0) is 36.5 Å². The molecule has 1 aliphatic carbocycles. The van der Waals surface area contributed by atoms with E-state index < -0.39 is 0 Å². The molecule has 2 rings (SSSR count). The molecule has 3 heteroatoms. The molecular weight excluding hydrogens is 228 g/mol. The lowest BCUT2D eigenvalue weighted by Crippen LogP contribution is -2.29. The van der Waals surface area contributed by atoms with Gasteiger partial charge in [-0.15, -0.1) is 0 Å². The van der Waals surface area contributed by atoms with Gasteiger partial charge in [-0.1, -0.05) is 28.1 Å². The lowest BCUT2D eigenvalue weighted by molar-refractivity contribution is 0.496. The first-order valence-corrected chi connectivity index (χ1v) is 5.32. The highest BCUT2D eigenvalue weighted by atomic mass is 79.9. The molecule has 0 bridgehead atoms. The zero-order valence-electron chi connectivity index (χ0n) is 7.33. The zero-order valence-corrected chi connectivity index (χ0v) is 8.92. The van der Waals surface area contributed by atoms with Gasteiger partial charge in [-0.2, -0.15) is 0 Å². The minimum atomic E-state index is 0.341. The van der Waals surface area contributed by atoms with Crippen molar-refractivity contribution >= 4 is 15.9 Å². The van der Waals surface area contributed by atoms with Crippen LogP contribution in [0, 0.1) is 5.92 Å². The molecule has 1 aromatic carbocycles. The SMILES string of the molecule is NNC(c1ccc(Br)cc1)C1CC1. The van der Waals surface area contributed by atoms with Crippen molar-refractivity contribution in [3.05, 3.63) is 34.3 Å². The summed E-state index contributed by atoms with van der Waals surface area (Å²) in [7, 11) is 0. The van der Waals surface area contributed by atoms with Crippen molar-refractivity contribution in [1.29, 1.82) is 0 Å². The molecule has 0 heterocycles. The average Bonchev–Trinajstić information content (AvgIpc) is 2.93. The monoisotopic (exact) mass is 240 g/mol. The van der Waals surface area contributed by atoms with Crippen molar-refractivity contribution in [1.82, 2.24) is 5.43 Å². The number of nitrogens with one attached hydrogen (secondary N) is 1. The summed E-state index contributed by atoms with van der Waals surface area (Å²) < 4.78 is 1.11. The van der Waals surface area contributed by atoms with Crippen LogP contribution in [0.4, 0.5) is 0 Å². The molecule has 3 N–H and O–H groups in total. The Kier molecular flexibility index (Phi) is 2.67. The standard InChI is InChI=1S/C10H13BrN2/c11-9-5-3-8(4-6-9)10(13-12)7-1-2-7/h3-7,10,13H,1-2,12H2.